The van der Waals surface area contributed by atoms with Gasteiger partial charge in [-0.15, -0.1) is 0 Å². The SMILES string of the molecule is CC(C)S(=O)(=O)NC(=O)C(C)(C)c1ccc(O[C@@H]2CC[C@@H](NC(=O)[C@@]3(F)CNC4(CCC4)C3)C2)c(-c2ccccc2C2CCC2)c1. The van der Waals surface area contributed by atoms with E-state index in [1.165, 1.54) is 25.8 Å². The van der Waals surface area contributed by atoms with E-state index in [0.29, 0.717) is 30.1 Å². The van der Waals surface area contributed by atoms with Crippen LogP contribution in [0.2, 0.25) is 0 Å². The number of nitrogens with one attached hydrogen (secondary N) is 3. The molecule has 4 fully saturated rings. The molecule has 4 aliphatic rings. The van der Waals surface area contributed by atoms with Crippen LogP contribution in [0.15, 0.2) is 42.5 Å². The van der Waals surface area contributed by atoms with E-state index in [1.807, 2.05) is 30.3 Å². The minimum Gasteiger partial charge on any atom is -0.490 e. The molecule has 1 heterocycles. The van der Waals surface area contributed by atoms with Gasteiger partial charge in [0, 0.05) is 36.5 Å². The van der Waals surface area contributed by atoms with Crippen LogP contribution in [0.25, 0.3) is 11.1 Å². The summed E-state index contributed by atoms with van der Waals surface area (Å²) >= 11 is 0. The van der Waals surface area contributed by atoms with Gasteiger partial charge in [-0.2, -0.15) is 0 Å². The number of sulfonamides is 1. The quantitative estimate of drug-likeness (QED) is 0.299. The molecule has 3 aliphatic carbocycles. The maximum atomic E-state index is 15.7. The van der Waals surface area contributed by atoms with Crippen LogP contribution in [0, 0.1) is 0 Å². The van der Waals surface area contributed by atoms with Crippen LogP contribution in [0.4, 0.5) is 4.39 Å². The summed E-state index contributed by atoms with van der Waals surface area (Å²) in [5, 5.41) is 5.52. The molecule has 1 saturated heterocycles. The molecular formula is C36H48FN3O5S. The molecule has 3 atom stereocenters. The van der Waals surface area contributed by atoms with E-state index in [1.54, 1.807) is 13.8 Å². The number of carbonyl (C=O) groups excluding carboxylic acids is 2. The number of alkyl halides is 1. The second kappa shape index (κ2) is 12.2. The highest BCUT2D eigenvalue weighted by molar-refractivity contribution is 7.90. The first kappa shape index (κ1) is 32.9. The minimum absolute atomic E-state index is 0.0688. The van der Waals surface area contributed by atoms with Crippen LogP contribution in [0.1, 0.15) is 109 Å². The zero-order valence-electron chi connectivity index (χ0n) is 27.5. The first-order chi connectivity index (χ1) is 21.7. The Labute approximate surface area is 272 Å². The molecule has 2 aromatic carbocycles. The third-order valence-corrected chi connectivity index (χ3v) is 12.7. The summed E-state index contributed by atoms with van der Waals surface area (Å²) in [4.78, 5) is 26.4. The largest absolute Gasteiger partial charge is 0.490 e. The van der Waals surface area contributed by atoms with Crippen molar-refractivity contribution < 1.29 is 27.1 Å². The van der Waals surface area contributed by atoms with E-state index >= 15 is 4.39 Å². The fraction of sp³-hybridized carbons (Fsp3) is 0.611. The number of hydrogen-bond donors (Lipinski definition) is 3. The maximum absolute atomic E-state index is 15.7. The van der Waals surface area contributed by atoms with E-state index < -0.39 is 38.2 Å². The topological polar surface area (TPSA) is 114 Å². The summed E-state index contributed by atoms with van der Waals surface area (Å²) in [6, 6.07) is 13.8. The van der Waals surface area contributed by atoms with E-state index in [0.717, 1.165) is 49.7 Å². The van der Waals surface area contributed by atoms with Crippen molar-refractivity contribution in [3.05, 3.63) is 53.6 Å². The van der Waals surface area contributed by atoms with Crippen molar-refractivity contribution >= 4 is 21.8 Å². The molecule has 2 amide bonds. The normalized spacial score (nSPS) is 26.0. The molecule has 0 unspecified atom stereocenters. The van der Waals surface area contributed by atoms with Gasteiger partial charge < -0.3 is 15.4 Å². The second-order valence-electron chi connectivity index (χ2n) is 14.9. The van der Waals surface area contributed by atoms with Gasteiger partial charge in [0.05, 0.1) is 10.7 Å². The summed E-state index contributed by atoms with van der Waals surface area (Å²) in [6.07, 6.45) is 8.41. The smallest absolute Gasteiger partial charge is 0.259 e. The van der Waals surface area contributed by atoms with Crippen LogP contribution in [-0.4, -0.2) is 55.4 Å². The molecule has 2 aromatic rings. The van der Waals surface area contributed by atoms with E-state index in [-0.39, 0.29) is 30.7 Å². The van der Waals surface area contributed by atoms with E-state index in [4.69, 9.17) is 4.74 Å². The van der Waals surface area contributed by atoms with Crippen molar-refractivity contribution in [3.63, 3.8) is 0 Å². The fourth-order valence-corrected chi connectivity index (χ4v) is 8.08. The van der Waals surface area contributed by atoms with Crippen LogP contribution >= 0.6 is 0 Å². The lowest BCUT2D eigenvalue weighted by Crippen LogP contribution is -2.49. The summed E-state index contributed by atoms with van der Waals surface area (Å²) < 4.78 is 49.7. The van der Waals surface area contributed by atoms with Crippen molar-refractivity contribution in [2.75, 3.05) is 6.54 Å². The third kappa shape index (κ3) is 6.31. The van der Waals surface area contributed by atoms with Gasteiger partial charge in [0.2, 0.25) is 21.6 Å². The molecule has 6 rings (SSSR count). The highest BCUT2D eigenvalue weighted by Gasteiger charge is 2.55. The minimum atomic E-state index is -3.80. The Balaban J connectivity index is 1.23. The van der Waals surface area contributed by atoms with Gasteiger partial charge in [0.25, 0.3) is 5.91 Å². The average Bonchev–Trinajstić information content (AvgIpc) is 3.57. The van der Waals surface area contributed by atoms with Crippen molar-refractivity contribution in [2.24, 2.45) is 0 Å². The molecule has 0 bridgehead atoms. The first-order valence-corrected chi connectivity index (χ1v) is 18.5. The molecule has 1 aliphatic heterocycles. The number of halogens is 1. The summed E-state index contributed by atoms with van der Waals surface area (Å²) in [5.41, 5.74) is 0.582. The first-order valence-electron chi connectivity index (χ1n) is 16.9. The number of benzene rings is 2. The third-order valence-electron chi connectivity index (χ3n) is 11.0. The van der Waals surface area contributed by atoms with Crippen LogP contribution in [-0.2, 0) is 25.0 Å². The zero-order valence-corrected chi connectivity index (χ0v) is 28.3. The van der Waals surface area contributed by atoms with Gasteiger partial charge in [-0.1, -0.05) is 36.8 Å². The Bertz CT molecular complexity index is 1600. The van der Waals surface area contributed by atoms with Gasteiger partial charge in [-0.05, 0) is 107 Å². The Kier molecular flexibility index (Phi) is 8.76. The molecule has 8 nitrogen and oxygen atoms in total. The molecule has 46 heavy (non-hydrogen) atoms. The Morgan fingerprint density at radius 2 is 1.76 bits per heavy atom. The Morgan fingerprint density at radius 3 is 2.39 bits per heavy atom. The molecular weight excluding hydrogens is 605 g/mol. The summed E-state index contributed by atoms with van der Waals surface area (Å²) in [6.45, 7) is 6.60. The molecule has 3 saturated carbocycles. The number of hydrogen-bond acceptors (Lipinski definition) is 6. The molecule has 3 N–H and O–H groups in total. The van der Waals surface area contributed by atoms with Crippen molar-refractivity contribution in [1.29, 1.82) is 0 Å². The van der Waals surface area contributed by atoms with Crippen LogP contribution in [0.3, 0.4) is 0 Å². The van der Waals surface area contributed by atoms with Crippen molar-refractivity contribution in [3.8, 4) is 16.9 Å². The second-order valence-corrected chi connectivity index (χ2v) is 17.2. The van der Waals surface area contributed by atoms with Gasteiger partial charge >= 0.3 is 0 Å². The lowest BCUT2D eigenvalue weighted by atomic mass is 9.74. The number of ether oxygens (including phenoxy) is 1. The van der Waals surface area contributed by atoms with E-state index in [9.17, 15) is 18.0 Å². The van der Waals surface area contributed by atoms with Crippen LogP contribution < -0.4 is 20.1 Å². The maximum Gasteiger partial charge on any atom is 0.259 e. The summed E-state index contributed by atoms with van der Waals surface area (Å²) in [5.74, 6) is 0.0125. The predicted octanol–water partition coefficient (Wildman–Crippen LogP) is 5.79. The predicted molar refractivity (Wildman–Crippen MR) is 177 cm³/mol. The van der Waals surface area contributed by atoms with Crippen LogP contribution in [0.5, 0.6) is 5.75 Å². The molecule has 10 heteroatoms. The van der Waals surface area contributed by atoms with Gasteiger partial charge in [-0.3, -0.25) is 14.3 Å². The fourth-order valence-electron chi connectivity index (χ4n) is 7.33. The summed E-state index contributed by atoms with van der Waals surface area (Å²) in [7, 11) is -3.80. The van der Waals surface area contributed by atoms with Crippen molar-refractivity contribution in [2.45, 2.75) is 132 Å². The van der Waals surface area contributed by atoms with Gasteiger partial charge in [0.15, 0.2) is 0 Å². The molecule has 1 spiro atoms. The van der Waals surface area contributed by atoms with Gasteiger partial charge in [0.1, 0.15) is 11.9 Å². The number of rotatable bonds is 10. The zero-order chi connectivity index (χ0) is 32.9. The Hall–Kier alpha value is -2.98. The van der Waals surface area contributed by atoms with Crippen molar-refractivity contribution in [1.82, 2.24) is 15.4 Å². The standard InChI is InChI=1S/C36H48FN3O5S/c1-23(2)46(43,44)40-32(41)34(3,4)25-13-16-31(30(19-25)29-12-6-5-11-28(29)24-9-7-10-24)45-27-15-14-26(20-27)39-33(42)36(37)21-35(38-22-36)17-8-18-35/h5-6,11-13,16,19,23-24,26-27,38H,7-10,14-15,17-18,20-22H2,1-4H3,(H,39,42)(H,40,41)/t26-,27-,36+/m1/s1. The molecule has 0 aromatic heterocycles. The number of carbonyl (C=O) groups is 2. The van der Waals surface area contributed by atoms with Gasteiger partial charge in [-0.25, -0.2) is 12.8 Å². The lowest BCUT2D eigenvalue weighted by molar-refractivity contribution is -0.133. The van der Waals surface area contributed by atoms with E-state index in [2.05, 4.69) is 27.5 Å². The molecule has 250 valence electrons. The monoisotopic (exact) mass is 653 g/mol. The highest BCUT2D eigenvalue weighted by atomic mass is 32.2. The average molecular weight is 654 g/mol. The highest BCUT2D eigenvalue weighted by Crippen LogP contribution is 2.46. The molecule has 0 radical (unpaired) electrons. The number of amides is 2. The lowest BCUT2D eigenvalue weighted by Gasteiger charge is -2.38. The Morgan fingerprint density at radius 1 is 1.02 bits per heavy atom.